The summed E-state index contributed by atoms with van der Waals surface area (Å²) in [5.41, 5.74) is 2.81. The number of hydrogen-bond acceptors (Lipinski definition) is 3. The van der Waals surface area contributed by atoms with E-state index >= 15 is 0 Å². The molecule has 1 atom stereocenters. The third-order valence-corrected chi connectivity index (χ3v) is 7.30. The summed E-state index contributed by atoms with van der Waals surface area (Å²) in [6, 6.07) is 21.9. The zero-order valence-electron chi connectivity index (χ0n) is 19.3. The van der Waals surface area contributed by atoms with Gasteiger partial charge in [0.1, 0.15) is 6.04 Å². The van der Waals surface area contributed by atoms with E-state index in [2.05, 4.69) is 5.32 Å². The number of thioether (sulfide) groups is 1. The van der Waals surface area contributed by atoms with E-state index in [9.17, 15) is 9.59 Å². The van der Waals surface area contributed by atoms with Crippen molar-refractivity contribution in [3.05, 3.63) is 105 Å². The minimum absolute atomic E-state index is 0.129. The Hall–Kier alpha value is -2.18. The van der Waals surface area contributed by atoms with Crippen molar-refractivity contribution in [2.24, 2.45) is 0 Å². The molecule has 0 saturated heterocycles. The van der Waals surface area contributed by atoms with Gasteiger partial charge in [0.25, 0.3) is 0 Å². The summed E-state index contributed by atoms with van der Waals surface area (Å²) >= 11 is 19.9. The van der Waals surface area contributed by atoms with Crippen LogP contribution in [0.15, 0.2) is 72.8 Å². The first kappa shape index (κ1) is 27.4. The van der Waals surface area contributed by atoms with E-state index in [1.54, 1.807) is 17.0 Å². The summed E-state index contributed by atoms with van der Waals surface area (Å²) in [6.45, 7) is 2.58. The molecule has 4 nitrogen and oxygen atoms in total. The molecule has 0 aliphatic rings. The average molecular weight is 550 g/mol. The first-order valence-electron chi connectivity index (χ1n) is 11.2. The van der Waals surface area contributed by atoms with Gasteiger partial charge in [-0.2, -0.15) is 0 Å². The summed E-state index contributed by atoms with van der Waals surface area (Å²) in [5.74, 6) is 0.538. The van der Waals surface area contributed by atoms with Gasteiger partial charge >= 0.3 is 0 Å². The van der Waals surface area contributed by atoms with Crippen molar-refractivity contribution in [1.29, 1.82) is 0 Å². The first-order chi connectivity index (χ1) is 16.9. The summed E-state index contributed by atoms with van der Waals surface area (Å²) in [5, 5.41) is 4.40. The number of carbonyl (C=O) groups excluding carboxylic acids is 2. The van der Waals surface area contributed by atoms with Crippen molar-refractivity contribution >= 4 is 58.4 Å². The molecular formula is C27H27Cl3N2O2S. The second-order valence-corrected chi connectivity index (χ2v) is 10.2. The van der Waals surface area contributed by atoms with Crippen LogP contribution in [0.2, 0.25) is 15.1 Å². The molecule has 0 heterocycles. The van der Waals surface area contributed by atoms with Crippen molar-refractivity contribution < 1.29 is 9.59 Å². The maximum absolute atomic E-state index is 13.5. The van der Waals surface area contributed by atoms with Gasteiger partial charge in [0.15, 0.2) is 0 Å². The molecular weight excluding hydrogens is 523 g/mol. The van der Waals surface area contributed by atoms with Gasteiger partial charge in [0.05, 0.1) is 15.8 Å². The third kappa shape index (κ3) is 8.46. The normalized spacial score (nSPS) is 11.7. The van der Waals surface area contributed by atoms with Crippen LogP contribution in [-0.4, -0.2) is 35.1 Å². The van der Waals surface area contributed by atoms with Crippen LogP contribution in [0, 0.1) is 0 Å². The molecule has 1 N–H and O–H groups in total. The Morgan fingerprint density at radius 3 is 2.31 bits per heavy atom. The monoisotopic (exact) mass is 548 g/mol. The molecule has 0 unspecified atom stereocenters. The van der Waals surface area contributed by atoms with Crippen LogP contribution in [0.3, 0.4) is 0 Å². The zero-order chi connectivity index (χ0) is 25.2. The maximum atomic E-state index is 13.5. The Balaban J connectivity index is 1.84. The van der Waals surface area contributed by atoms with E-state index in [0.717, 1.165) is 16.7 Å². The Morgan fingerprint density at radius 1 is 0.886 bits per heavy atom. The van der Waals surface area contributed by atoms with Crippen LogP contribution >= 0.6 is 46.6 Å². The molecule has 8 heteroatoms. The standard InChI is InChI=1S/C27H27Cl3N2O2S/c1-2-31-27(34)25(15-19-7-4-3-5-8-19)32(16-20-11-12-23(29)24(30)14-20)26(33)18-35-17-21-9-6-10-22(28)13-21/h3-14,25H,2,15-18H2,1H3,(H,31,34)/t25-/m1/s1. The minimum atomic E-state index is -0.675. The van der Waals surface area contributed by atoms with Crippen LogP contribution in [0.25, 0.3) is 0 Å². The Kier molecular flexibility index (Phi) is 10.8. The van der Waals surface area contributed by atoms with Crippen molar-refractivity contribution in [3.8, 4) is 0 Å². The molecule has 35 heavy (non-hydrogen) atoms. The molecule has 0 aliphatic heterocycles. The average Bonchev–Trinajstić information content (AvgIpc) is 2.84. The molecule has 0 spiro atoms. The molecule has 2 amide bonds. The lowest BCUT2D eigenvalue weighted by Crippen LogP contribution is -2.51. The lowest BCUT2D eigenvalue weighted by Gasteiger charge is -2.31. The highest BCUT2D eigenvalue weighted by Gasteiger charge is 2.30. The molecule has 0 saturated carbocycles. The van der Waals surface area contributed by atoms with Crippen LogP contribution in [-0.2, 0) is 28.3 Å². The van der Waals surface area contributed by atoms with Gasteiger partial charge in [-0.15, -0.1) is 11.8 Å². The number of benzene rings is 3. The molecule has 0 bridgehead atoms. The van der Waals surface area contributed by atoms with E-state index in [0.29, 0.717) is 33.8 Å². The minimum Gasteiger partial charge on any atom is -0.355 e. The third-order valence-electron chi connectivity index (χ3n) is 5.34. The predicted molar refractivity (Wildman–Crippen MR) is 147 cm³/mol. The Labute approximate surface area is 225 Å². The van der Waals surface area contributed by atoms with Crippen LogP contribution in [0.4, 0.5) is 0 Å². The van der Waals surface area contributed by atoms with E-state index in [-0.39, 0.29) is 24.1 Å². The molecule has 0 fully saturated rings. The van der Waals surface area contributed by atoms with E-state index in [4.69, 9.17) is 34.8 Å². The van der Waals surface area contributed by atoms with Gasteiger partial charge in [0, 0.05) is 30.3 Å². The van der Waals surface area contributed by atoms with Crippen LogP contribution in [0.1, 0.15) is 23.6 Å². The summed E-state index contributed by atoms with van der Waals surface area (Å²) in [6.07, 6.45) is 0.401. The zero-order valence-corrected chi connectivity index (χ0v) is 22.4. The SMILES string of the molecule is CCNC(=O)[C@@H](Cc1ccccc1)N(Cc1ccc(Cl)c(Cl)c1)C(=O)CSCc1cccc(Cl)c1. The fourth-order valence-corrected chi connectivity index (χ4v) is 5.04. The lowest BCUT2D eigenvalue weighted by atomic mass is 10.0. The molecule has 0 aromatic heterocycles. The number of amides is 2. The van der Waals surface area contributed by atoms with Gasteiger partial charge in [0.2, 0.25) is 11.8 Å². The van der Waals surface area contributed by atoms with Gasteiger partial charge in [-0.1, -0.05) is 83.3 Å². The second kappa shape index (κ2) is 13.8. The van der Waals surface area contributed by atoms with E-state index < -0.39 is 6.04 Å². The molecule has 0 radical (unpaired) electrons. The summed E-state index contributed by atoms with van der Waals surface area (Å²) < 4.78 is 0. The number of nitrogens with one attached hydrogen (secondary N) is 1. The Bertz CT molecular complexity index is 1140. The summed E-state index contributed by atoms with van der Waals surface area (Å²) in [4.78, 5) is 28.3. The number of carbonyl (C=O) groups is 2. The summed E-state index contributed by atoms with van der Waals surface area (Å²) in [7, 11) is 0. The smallest absolute Gasteiger partial charge is 0.243 e. The van der Waals surface area contributed by atoms with Crippen molar-refractivity contribution in [2.45, 2.75) is 31.7 Å². The second-order valence-electron chi connectivity index (χ2n) is 7.99. The number of halogens is 3. The topological polar surface area (TPSA) is 49.4 Å². The number of hydrogen-bond donors (Lipinski definition) is 1. The van der Waals surface area contributed by atoms with Gasteiger partial charge in [-0.05, 0) is 47.9 Å². The van der Waals surface area contributed by atoms with Crippen molar-refractivity contribution in [3.63, 3.8) is 0 Å². The van der Waals surface area contributed by atoms with Crippen molar-refractivity contribution in [2.75, 3.05) is 12.3 Å². The highest BCUT2D eigenvalue weighted by molar-refractivity contribution is 7.99. The molecule has 3 aromatic rings. The van der Waals surface area contributed by atoms with E-state index in [1.165, 1.54) is 11.8 Å². The van der Waals surface area contributed by atoms with Gasteiger partial charge in [-0.25, -0.2) is 0 Å². The highest BCUT2D eigenvalue weighted by atomic mass is 35.5. The molecule has 3 aromatic carbocycles. The Morgan fingerprint density at radius 2 is 1.63 bits per heavy atom. The van der Waals surface area contributed by atoms with Gasteiger partial charge < -0.3 is 10.2 Å². The number of nitrogens with zero attached hydrogens (tertiary/aromatic N) is 1. The fourth-order valence-electron chi connectivity index (χ4n) is 3.65. The fraction of sp³-hybridized carbons (Fsp3) is 0.259. The maximum Gasteiger partial charge on any atom is 0.243 e. The molecule has 184 valence electrons. The highest BCUT2D eigenvalue weighted by Crippen LogP contribution is 2.25. The predicted octanol–water partition coefficient (Wildman–Crippen LogP) is 6.66. The quantitative estimate of drug-likeness (QED) is 0.291. The first-order valence-corrected chi connectivity index (χ1v) is 13.5. The van der Waals surface area contributed by atoms with Crippen LogP contribution < -0.4 is 5.32 Å². The van der Waals surface area contributed by atoms with Crippen molar-refractivity contribution in [1.82, 2.24) is 10.2 Å². The van der Waals surface area contributed by atoms with E-state index in [1.807, 2.05) is 67.6 Å². The lowest BCUT2D eigenvalue weighted by molar-refractivity contribution is -0.139. The number of likely N-dealkylation sites (N-methyl/N-ethyl adjacent to an activating group) is 1. The van der Waals surface area contributed by atoms with Crippen LogP contribution in [0.5, 0.6) is 0 Å². The number of rotatable bonds is 11. The molecule has 0 aliphatic carbocycles. The molecule has 3 rings (SSSR count). The largest absolute Gasteiger partial charge is 0.355 e. The van der Waals surface area contributed by atoms with Gasteiger partial charge in [-0.3, -0.25) is 9.59 Å².